The van der Waals surface area contributed by atoms with E-state index in [-0.39, 0.29) is 29.5 Å². The maximum Gasteiger partial charge on any atom is 0.417 e. The number of rotatable bonds is 6. The van der Waals surface area contributed by atoms with Crippen LogP contribution in [0.4, 0.5) is 13.2 Å². The number of esters is 1. The van der Waals surface area contributed by atoms with Crippen molar-refractivity contribution < 1.29 is 32.0 Å². The van der Waals surface area contributed by atoms with E-state index in [9.17, 15) is 22.8 Å². The predicted molar refractivity (Wildman–Crippen MR) is 91.1 cm³/mol. The van der Waals surface area contributed by atoms with Crippen LogP contribution in [0.15, 0.2) is 27.6 Å². The first-order valence-corrected chi connectivity index (χ1v) is 9.47. The molecule has 27 heavy (non-hydrogen) atoms. The molecule has 0 unspecified atom stereocenters. The second-order valence-electron chi connectivity index (χ2n) is 6.00. The van der Waals surface area contributed by atoms with E-state index in [1.165, 1.54) is 6.07 Å². The summed E-state index contributed by atoms with van der Waals surface area (Å²) in [4.78, 5) is 25.5. The molecule has 1 saturated carbocycles. The lowest BCUT2D eigenvalue weighted by molar-refractivity contribution is -0.138. The largest absolute Gasteiger partial charge is 0.461 e. The molecule has 1 aromatic heterocycles. The molecule has 1 aliphatic carbocycles. The van der Waals surface area contributed by atoms with Gasteiger partial charge in [-0.2, -0.15) is 13.2 Å². The lowest BCUT2D eigenvalue weighted by atomic mass is 9.95. The van der Waals surface area contributed by atoms with Crippen LogP contribution in [-0.4, -0.2) is 29.8 Å². The highest BCUT2D eigenvalue weighted by Gasteiger charge is 2.41. The van der Waals surface area contributed by atoms with Crippen molar-refractivity contribution in [2.45, 2.75) is 36.8 Å². The third-order valence-corrected chi connectivity index (χ3v) is 4.86. The van der Waals surface area contributed by atoms with E-state index in [1.807, 2.05) is 0 Å². The topological polar surface area (TPSA) is 69.4 Å². The molecule has 1 aromatic carbocycles. The highest BCUT2D eigenvalue weighted by molar-refractivity contribution is 7.98. The number of carbonyl (C=O) groups is 2. The van der Waals surface area contributed by atoms with Crippen molar-refractivity contribution in [1.29, 1.82) is 0 Å². The van der Waals surface area contributed by atoms with Gasteiger partial charge in [-0.05, 0) is 44.2 Å². The average molecular weight is 399 g/mol. The van der Waals surface area contributed by atoms with E-state index in [0.717, 1.165) is 36.7 Å². The van der Waals surface area contributed by atoms with Gasteiger partial charge in [0.15, 0.2) is 11.5 Å². The zero-order valence-electron chi connectivity index (χ0n) is 14.6. The van der Waals surface area contributed by atoms with Gasteiger partial charge in [0.25, 0.3) is 0 Å². The molecule has 0 spiro atoms. The second kappa shape index (κ2) is 7.38. The molecule has 3 rings (SSSR count). The number of halogens is 3. The number of alkyl halides is 3. The third-order valence-electron chi connectivity index (χ3n) is 4.14. The van der Waals surface area contributed by atoms with Crippen molar-refractivity contribution in [3.63, 3.8) is 0 Å². The minimum Gasteiger partial charge on any atom is -0.461 e. The Morgan fingerprint density at radius 1 is 1.33 bits per heavy atom. The lowest BCUT2D eigenvalue weighted by Gasteiger charge is -2.13. The van der Waals surface area contributed by atoms with Gasteiger partial charge in [-0.15, -0.1) is 11.8 Å². The normalized spacial score (nSPS) is 14.3. The molecule has 1 aliphatic rings. The fourth-order valence-electron chi connectivity index (χ4n) is 2.70. The Morgan fingerprint density at radius 2 is 2.04 bits per heavy atom. The van der Waals surface area contributed by atoms with Crippen LogP contribution < -0.4 is 0 Å². The molecule has 1 heterocycles. The summed E-state index contributed by atoms with van der Waals surface area (Å²) in [5.41, 5.74) is -2.22. The van der Waals surface area contributed by atoms with Crippen LogP contribution in [-0.2, 0) is 10.9 Å². The van der Waals surface area contributed by atoms with E-state index < -0.39 is 29.1 Å². The van der Waals surface area contributed by atoms with Gasteiger partial charge in [-0.1, -0.05) is 5.16 Å². The summed E-state index contributed by atoms with van der Waals surface area (Å²) in [6.45, 7) is 1.61. The Labute approximate surface area is 157 Å². The fraction of sp³-hybridized carbons (Fsp3) is 0.389. The maximum absolute atomic E-state index is 13.5. The number of ether oxygens (including phenoxy) is 1. The van der Waals surface area contributed by atoms with E-state index in [4.69, 9.17) is 9.26 Å². The van der Waals surface area contributed by atoms with Crippen molar-refractivity contribution in [1.82, 2.24) is 5.16 Å². The van der Waals surface area contributed by atoms with Crippen LogP contribution in [0.5, 0.6) is 0 Å². The van der Waals surface area contributed by atoms with Crippen molar-refractivity contribution in [2.24, 2.45) is 0 Å². The van der Waals surface area contributed by atoms with Crippen molar-refractivity contribution in [3.8, 4) is 0 Å². The van der Waals surface area contributed by atoms with Crippen LogP contribution in [0.25, 0.3) is 0 Å². The molecule has 0 radical (unpaired) electrons. The van der Waals surface area contributed by atoms with Gasteiger partial charge in [0, 0.05) is 16.4 Å². The number of carbonyl (C=O) groups excluding carboxylic acids is 2. The van der Waals surface area contributed by atoms with Gasteiger partial charge >= 0.3 is 12.1 Å². The number of thioether (sulfide) groups is 1. The van der Waals surface area contributed by atoms with E-state index in [0.29, 0.717) is 4.90 Å². The molecule has 0 atom stereocenters. The molecule has 144 valence electrons. The third kappa shape index (κ3) is 3.87. The zero-order chi connectivity index (χ0) is 19.8. The highest BCUT2D eigenvalue weighted by atomic mass is 32.2. The molecule has 5 nitrogen and oxygen atoms in total. The number of hydrogen-bond acceptors (Lipinski definition) is 6. The van der Waals surface area contributed by atoms with Crippen LogP contribution in [0, 0.1) is 0 Å². The minimum atomic E-state index is -4.72. The number of aromatic nitrogens is 1. The van der Waals surface area contributed by atoms with Gasteiger partial charge in [0.05, 0.1) is 12.2 Å². The highest BCUT2D eigenvalue weighted by Crippen LogP contribution is 2.44. The summed E-state index contributed by atoms with van der Waals surface area (Å²) >= 11 is 1.13. The summed E-state index contributed by atoms with van der Waals surface area (Å²) in [6, 6.07) is 3.48. The van der Waals surface area contributed by atoms with Gasteiger partial charge in [0.1, 0.15) is 5.56 Å². The fourth-order valence-corrected chi connectivity index (χ4v) is 3.14. The lowest BCUT2D eigenvalue weighted by Crippen LogP contribution is -2.17. The molecule has 1 fully saturated rings. The number of hydrogen-bond donors (Lipinski definition) is 0. The zero-order valence-corrected chi connectivity index (χ0v) is 15.4. The van der Waals surface area contributed by atoms with Gasteiger partial charge < -0.3 is 9.26 Å². The SMILES string of the molecule is CCOC(=O)c1noc(C2CC2)c1C(=O)c1ccc(SC)cc1C(F)(F)F. The van der Waals surface area contributed by atoms with Crippen molar-refractivity contribution >= 4 is 23.5 Å². The monoisotopic (exact) mass is 399 g/mol. The van der Waals surface area contributed by atoms with E-state index >= 15 is 0 Å². The Balaban J connectivity index is 2.14. The molecule has 0 N–H and O–H groups in total. The Kier molecular flexibility index (Phi) is 5.32. The Morgan fingerprint density at radius 3 is 2.59 bits per heavy atom. The van der Waals surface area contributed by atoms with Gasteiger partial charge in [-0.25, -0.2) is 4.79 Å². The van der Waals surface area contributed by atoms with Crippen LogP contribution >= 0.6 is 11.8 Å². The molecule has 0 bridgehead atoms. The smallest absolute Gasteiger partial charge is 0.417 e. The maximum atomic E-state index is 13.5. The first-order valence-electron chi connectivity index (χ1n) is 8.24. The minimum absolute atomic E-state index is 0.0360. The van der Waals surface area contributed by atoms with Gasteiger partial charge in [0.2, 0.25) is 5.69 Å². The standard InChI is InChI=1S/C18H16F3NO4S/c1-3-25-17(24)14-13(16(26-22-14)9-4-5-9)15(23)11-7-6-10(27-2)8-12(11)18(19,20)21/h6-9H,3-5H2,1-2H3. The summed E-state index contributed by atoms with van der Waals surface area (Å²) < 4.78 is 50.6. The molecule has 0 amide bonds. The van der Waals surface area contributed by atoms with Crippen LogP contribution in [0.3, 0.4) is 0 Å². The first-order chi connectivity index (χ1) is 12.8. The molecular formula is C18H16F3NO4S. The first kappa shape index (κ1) is 19.5. The van der Waals surface area contributed by atoms with Gasteiger partial charge in [-0.3, -0.25) is 4.79 Å². The molecule has 9 heteroatoms. The van der Waals surface area contributed by atoms with Crippen LogP contribution in [0.1, 0.15) is 63.4 Å². The Bertz CT molecular complexity index is 887. The summed E-state index contributed by atoms with van der Waals surface area (Å²) in [6.07, 6.45) is -1.65. The number of ketones is 1. The average Bonchev–Trinajstić information content (AvgIpc) is 3.38. The molecule has 0 saturated heterocycles. The number of benzene rings is 1. The molecule has 2 aromatic rings. The van der Waals surface area contributed by atoms with Crippen molar-refractivity contribution in [3.05, 3.63) is 46.3 Å². The number of nitrogens with zero attached hydrogens (tertiary/aromatic N) is 1. The summed E-state index contributed by atoms with van der Waals surface area (Å²) in [5, 5.41) is 3.61. The Hall–Kier alpha value is -2.29. The van der Waals surface area contributed by atoms with Crippen molar-refractivity contribution in [2.75, 3.05) is 12.9 Å². The summed E-state index contributed by atoms with van der Waals surface area (Å²) in [5.74, 6) is -1.82. The molecule has 0 aliphatic heterocycles. The predicted octanol–water partition coefficient (Wildman–Crippen LogP) is 4.70. The van der Waals surface area contributed by atoms with Crippen LogP contribution in [0.2, 0.25) is 0 Å². The summed E-state index contributed by atoms with van der Waals surface area (Å²) in [7, 11) is 0. The quantitative estimate of drug-likeness (QED) is 0.398. The second-order valence-corrected chi connectivity index (χ2v) is 6.88. The van der Waals surface area contributed by atoms with E-state index in [1.54, 1.807) is 13.2 Å². The van der Waals surface area contributed by atoms with E-state index in [2.05, 4.69) is 5.16 Å². The molecular weight excluding hydrogens is 383 g/mol.